The average molecular weight is 299 g/mol. The number of aryl methyl sites for hydroxylation is 1. The normalized spacial score (nSPS) is 11.5. The molecule has 0 saturated carbocycles. The van der Waals surface area contributed by atoms with Gasteiger partial charge in [0.1, 0.15) is 11.4 Å². The van der Waals surface area contributed by atoms with Crippen LogP contribution in [0.2, 0.25) is 0 Å². The van der Waals surface area contributed by atoms with E-state index in [0.29, 0.717) is 0 Å². The van der Waals surface area contributed by atoms with Crippen LogP contribution in [0.15, 0.2) is 17.3 Å². The fourth-order valence-corrected chi connectivity index (χ4v) is 3.24. The van der Waals surface area contributed by atoms with Crippen LogP contribution >= 0.6 is 0 Å². The molecule has 2 aromatic rings. The van der Waals surface area contributed by atoms with Crippen LogP contribution in [-0.2, 0) is 21.4 Å². The van der Waals surface area contributed by atoms with Crippen molar-refractivity contribution in [1.29, 1.82) is 0 Å². The van der Waals surface area contributed by atoms with Gasteiger partial charge in [-0.3, -0.25) is 9.48 Å². The second kappa shape index (κ2) is 4.96. The Kier molecular flexibility index (Phi) is 3.49. The summed E-state index contributed by atoms with van der Waals surface area (Å²) in [7, 11) is -3.88. The molecule has 0 fully saturated rings. The zero-order valence-corrected chi connectivity index (χ0v) is 11.6. The number of aliphatic carboxylic acids is 1. The number of aromatic amines is 1. The standard InChI is InChI=1S/C10H13N5O4S/c1-6-9(7(2)15(13-6)5-8(16)17)20(18,19)14-10-11-3-4-12-10/h3-4H,5H2,1-2H3,(H,16,17)(H2,11,12,14). The van der Waals surface area contributed by atoms with Crippen molar-refractivity contribution in [2.45, 2.75) is 25.3 Å². The monoisotopic (exact) mass is 299 g/mol. The van der Waals surface area contributed by atoms with E-state index < -0.39 is 22.5 Å². The summed E-state index contributed by atoms with van der Waals surface area (Å²) in [6.07, 6.45) is 2.89. The molecule has 0 spiro atoms. The van der Waals surface area contributed by atoms with Gasteiger partial charge in [-0.05, 0) is 13.8 Å². The van der Waals surface area contributed by atoms with E-state index in [1.54, 1.807) is 0 Å². The predicted octanol–water partition coefficient (Wildman–Crippen LogP) is 0.108. The Morgan fingerprint density at radius 2 is 2.20 bits per heavy atom. The Bertz CT molecular complexity index is 732. The molecule has 0 aliphatic heterocycles. The van der Waals surface area contributed by atoms with Gasteiger partial charge in [-0.25, -0.2) is 18.1 Å². The number of carbonyl (C=O) groups is 1. The van der Waals surface area contributed by atoms with E-state index in [1.165, 1.54) is 26.2 Å². The first kappa shape index (κ1) is 14.1. The number of H-pyrrole nitrogens is 1. The third-order valence-electron chi connectivity index (χ3n) is 2.60. The number of anilines is 1. The molecule has 2 heterocycles. The summed E-state index contributed by atoms with van der Waals surface area (Å²) in [6, 6.07) is 0. The van der Waals surface area contributed by atoms with E-state index in [9.17, 15) is 13.2 Å². The van der Waals surface area contributed by atoms with E-state index in [-0.39, 0.29) is 22.2 Å². The molecule has 9 nitrogen and oxygen atoms in total. The molecular weight excluding hydrogens is 286 g/mol. The molecule has 108 valence electrons. The number of carboxylic acid groups (broad SMARTS) is 1. The van der Waals surface area contributed by atoms with Gasteiger partial charge in [-0.1, -0.05) is 0 Å². The topological polar surface area (TPSA) is 130 Å². The van der Waals surface area contributed by atoms with E-state index in [4.69, 9.17) is 5.11 Å². The number of rotatable bonds is 5. The summed E-state index contributed by atoms with van der Waals surface area (Å²) in [5, 5.41) is 12.7. The number of aromatic nitrogens is 4. The summed E-state index contributed by atoms with van der Waals surface area (Å²) in [5.41, 5.74) is 0.478. The molecule has 10 heteroatoms. The van der Waals surface area contributed by atoms with E-state index in [1.807, 2.05) is 0 Å². The summed E-state index contributed by atoms with van der Waals surface area (Å²) in [5.74, 6) is -1.02. The minimum atomic E-state index is -3.88. The van der Waals surface area contributed by atoms with Gasteiger partial charge < -0.3 is 10.1 Å². The minimum Gasteiger partial charge on any atom is -0.480 e. The highest BCUT2D eigenvalue weighted by Crippen LogP contribution is 2.21. The second-order valence-corrected chi connectivity index (χ2v) is 5.71. The van der Waals surface area contributed by atoms with Gasteiger partial charge in [-0.15, -0.1) is 0 Å². The molecule has 0 atom stereocenters. The summed E-state index contributed by atoms with van der Waals surface area (Å²) in [6.45, 7) is 2.60. The maximum absolute atomic E-state index is 12.3. The van der Waals surface area contributed by atoms with Crippen molar-refractivity contribution in [2.75, 3.05) is 4.72 Å². The Morgan fingerprint density at radius 1 is 1.50 bits per heavy atom. The Labute approximate surface area is 114 Å². The van der Waals surface area contributed by atoms with Gasteiger partial charge in [0.2, 0.25) is 5.95 Å². The lowest BCUT2D eigenvalue weighted by Crippen LogP contribution is -2.16. The molecule has 0 bridgehead atoms. The van der Waals surface area contributed by atoms with Crippen LogP contribution in [0, 0.1) is 13.8 Å². The van der Waals surface area contributed by atoms with Crippen LogP contribution in [-0.4, -0.2) is 39.2 Å². The summed E-state index contributed by atoms with van der Waals surface area (Å²) in [4.78, 5) is 17.1. The first-order chi connectivity index (χ1) is 9.31. The molecule has 0 amide bonds. The molecule has 20 heavy (non-hydrogen) atoms. The lowest BCUT2D eigenvalue weighted by Gasteiger charge is -2.06. The van der Waals surface area contributed by atoms with Gasteiger partial charge >= 0.3 is 5.97 Å². The lowest BCUT2D eigenvalue weighted by molar-refractivity contribution is -0.137. The first-order valence-corrected chi connectivity index (χ1v) is 7.07. The van der Waals surface area contributed by atoms with Crippen molar-refractivity contribution < 1.29 is 18.3 Å². The molecular formula is C10H13N5O4S. The largest absolute Gasteiger partial charge is 0.480 e. The molecule has 0 unspecified atom stereocenters. The van der Waals surface area contributed by atoms with Crippen LogP contribution in [0.1, 0.15) is 11.4 Å². The highest BCUT2D eigenvalue weighted by molar-refractivity contribution is 7.92. The van der Waals surface area contributed by atoms with E-state index >= 15 is 0 Å². The Morgan fingerprint density at radius 3 is 2.75 bits per heavy atom. The average Bonchev–Trinajstić information content (AvgIpc) is 2.87. The van der Waals surface area contributed by atoms with Gasteiger partial charge in [0, 0.05) is 12.4 Å². The highest BCUT2D eigenvalue weighted by Gasteiger charge is 2.25. The zero-order chi connectivity index (χ0) is 14.9. The third kappa shape index (κ3) is 2.64. The number of sulfonamides is 1. The van der Waals surface area contributed by atoms with E-state index in [2.05, 4.69) is 19.8 Å². The van der Waals surface area contributed by atoms with Crippen molar-refractivity contribution >= 4 is 21.9 Å². The maximum Gasteiger partial charge on any atom is 0.325 e. The van der Waals surface area contributed by atoms with Crippen molar-refractivity contribution in [3.05, 3.63) is 23.8 Å². The van der Waals surface area contributed by atoms with Crippen molar-refractivity contribution in [3.8, 4) is 0 Å². The van der Waals surface area contributed by atoms with Crippen molar-refractivity contribution in [1.82, 2.24) is 19.7 Å². The summed E-state index contributed by atoms with van der Waals surface area (Å²) < 4.78 is 27.9. The second-order valence-electron chi connectivity index (χ2n) is 4.09. The molecule has 2 rings (SSSR count). The van der Waals surface area contributed by atoms with Gasteiger partial charge in [0.15, 0.2) is 0 Å². The van der Waals surface area contributed by atoms with Crippen molar-refractivity contribution in [3.63, 3.8) is 0 Å². The molecule has 0 radical (unpaired) electrons. The third-order valence-corrected chi connectivity index (χ3v) is 4.19. The fourth-order valence-electron chi connectivity index (χ4n) is 1.85. The zero-order valence-electron chi connectivity index (χ0n) is 10.8. The molecule has 0 aromatic carbocycles. The maximum atomic E-state index is 12.3. The fraction of sp³-hybridized carbons (Fsp3) is 0.300. The van der Waals surface area contributed by atoms with Crippen LogP contribution in [0.3, 0.4) is 0 Å². The Balaban J connectivity index is 2.41. The Hall–Kier alpha value is -2.36. The van der Waals surface area contributed by atoms with Crippen molar-refractivity contribution in [2.24, 2.45) is 0 Å². The van der Waals surface area contributed by atoms with Gasteiger partial charge in [0.25, 0.3) is 10.0 Å². The SMILES string of the molecule is Cc1nn(CC(=O)O)c(C)c1S(=O)(=O)Nc1ncc[nH]1. The number of carboxylic acids is 1. The first-order valence-electron chi connectivity index (χ1n) is 5.59. The quantitative estimate of drug-likeness (QED) is 0.718. The lowest BCUT2D eigenvalue weighted by atomic mass is 10.4. The summed E-state index contributed by atoms with van der Waals surface area (Å²) >= 11 is 0. The number of imidazole rings is 1. The van der Waals surface area contributed by atoms with E-state index in [0.717, 1.165) is 4.68 Å². The molecule has 0 aliphatic carbocycles. The number of nitrogens with one attached hydrogen (secondary N) is 2. The molecule has 3 N–H and O–H groups in total. The minimum absolute atomic E-state index is 0.0462. The van der Waals surface area contributed by atoms with Crippen LogP contribution in [0.4, 0.5) is 5.95 Å². The molecule has 0 saturated heterocycles. The number of hydrogen-bond donors (Lipinski definition) is 3. The number of nitrogens with zero attached hydrogens (tertiary/aromatic N) is 3. The molecule has 2 aromatic heterocycles. The number of hydrogen-bond acceptors (Lipinski definition) is 5. The highest BCUT2D eigenvalue weighted by atomic mass is 32.2. The van der Waals surface area contributed by atoms with Crippen LogP contribution in [0.25, 0.3) is 0 Å². The van der Waals surface area contributed by atoms with Gasteiger partial charge in [-0.2, -0.15) is 5.10 Å². The van der Waals surface area contributed by atoms with Crippen LogP contribution < -0.4 is 4.72 Å². The smallest absolute Gasteiger partial charge is 0.325 e. The molecule has 0 aliphatic rings. The van der Waals surface area contributed by atoms with Gasteiger partial charge in [0.05, 0.1) is 11.4 Å². The predicted molar refractivity (Wildman–Crippen MR) is 68.7 cm³/mol. The van der Waals surface area contributed by atoms with Crippen LogP contribution in [0.5, 0.6) is 0 Å².